The van der Waals surface area contributed by atoms with Crippen molar-refractivity contribution in [3.05, 3.63) is 22.2 Å². The maximum Gasteiger partial charge on any atom is 0.291 e. The van der Waals surface area contributed by atoms with Gasteiger partial charge < -0.3 is 0 Å². The van der Waals surface area contributed by atoms with Crippen LogP contribution in [0.1, 0.15) is 0 Å². The van der Waals surface area contributed by atoms with Crippen molar-refractivity contribution in [3.8, 4) is 0 Å². The Bertz CT molecular complexity index is 165. The molecule has 58 valence electrons. The van der Waals surface area contributed by atoms with Gasteiger partial charge in [-0.05, 0) is 11.6 Å². The zero-order chi connectivity index (χ0) is 8.31. The Kier molecular flexibility index (Phi) is 3.75. The highest BCUT2D eigenvalue weighted by Crippen LogP contribution is 2.27. The summed E-state index contributed by atoms with van der Waals surface area (Å²) >= 11 is 8.89. The molecule has 0 bridgehead atoms. The summed E-state index contributed by atoms with van der Waals surface area (Å²) in [7, 11) is 0. The molecule has 0 saturated heterocycles. The van der Waals surface area contributed by atoms with Gasteiger partial charge in [-0.3, -0.25) is 0 Å². The summed E-state index contributed by atoms with van der Waals surface area (Å²) in [4.78, 5) is 0. The Morgan fingerprint density at radius 2 is 1.30 bits per heavy atom. The summed E-state index contributed by atoms with van der Waals surface area (Å²) in [6, 6.07) is 0. The van der Waals surface area contributed by atoms with Crippen LogP contribution >= 0.6 is 23.2 Å². The maximum atomic E-state index is 11.9. The van der Waals surface area contributed by atoms with Gasteiger partial charge in [0, 0.05) is 0 Å². The Hall–Kier alpha value is -0.220. The predicted octanol–water partition coefficient (Wildman–Crippen LogP) is 3.68. The minimum Gasteiger partial charge on any atom is -0.201 e. The van der Waals surface area contributed by atoms with Gasteiger partial charge in [0.1, 0.15) is 5.03 Å². The smallest absolute Gasteiger partial charge is 0.201 e. The summed E-state index contributed by atoms with van der Waals surface area (Å²) in [5.74, 6) is -1.96. The van der Waals surface area contributed by atoms with Crippen molar-refractivity contribution in [1.82, 2.24) is 0 Å². The SMILES string of the molecule is FC(F)=C(Cl)C(F)=C(F)Cl. The average molecular weight is 195 g/mol. The molecule has 0 fully saturated rings. The van der Waals surface area contributed by atoms with Crippen LogP contribution in [0.5, 0.6) is 0 Å². The van der Waals surface area contributed by atoms with Gasteiger partial charge in [0.25, 0.3) is 6.08 Å². The first-order valence-corrected chi connectivity index (χ1v) is 2.64. The third-order valence-corrected chi connectivity index (χ3v) is 0.999. The molecule has 0 aliphatic heterocycles. The third-order valence-electron chi connectivity index (χ3n) is 0.525. The molecule has 0 aromatic rings. The lowest BCUT2D eigenvalue weighted by atomic mass is 10.5. The van der Waals surface area contributed by atoms with E-state index < -0.39 is 22.2 Å². The van der Waals surface area contributed by atoms with E-state index in [9.17, 15) is 17.6 Å². The Morgan fingerprint density at radius 1 is 0.900 bits per heavy atom. The van der Waals surface area contributed by atoms with Gasteiger partial charge in [0.15, 0.2) is 5.83 Å². The summed E-state index contributed by atoms with van der Waals surface area (Å²) in [6.07, 6.45) is -2.52. The highest BCUT2D eigenvalue weighted by atomic mass is 35.5. The van der Waals surface area contributed by atoms with Gasteiger partial charge in [0.05, 0.1) is 0 Å². The Morgan fingerprint density at radius 3 is 1.40 bits per heavy atom. The van der Waals surface area contributed by atoms with E-state index in [0.717, 1.165) is 0 Å². The molecule has 0 N–H and O–H groups in total. The normalized spacial score (nSPS) is 12.6. The van der Waals surface area contributed by atoms with Gasteiger partial charge in [-0.2, -0.15) is 13.2 Å². The number of halogens is 6. The van der Waals surface area contributed by atoms with Crippen LogP contribution in [0.25, 0.3) is 0 Å². The lowest BCUT2D eigenvalue weighted by molar-refractivity contribution is 0.412. The summed E-state index contributed by atoms with van der Waals surface area (Å²) in [5.41, 5.74) is 0. The molecular weight excluding hydrogens is 195 g/mol. The molecule has 0 aliphatic carbocycles. The van der Waals surface area contributed by atoms with E-state index in [0.29, 0.717) is 0 Å². The van der Waals surface area contributed by atoms with E-state index in [-0.39, 0.29) is 0 Å². The largest absolute Gasteiger partial charge is 0.291 e. The topological polar surface area (TPSA) is 0 Å². The number of hydrogen-bond donors (Lipinski definition) is 0. The molecule has 0 aromatic carbocycles. The van der Waals surface area contributed by atoms with Gasteiger partial charge in [-0.25, -0.2) is 4.39 Å². The van der Waals surface area contributed by atoms with Crippen molar-refractivity contribution in [3.63, 3.8) is 0 Å². The van der Waals surface area contributed by atoms with Gasteiger partial charge >= 0.3 is 0 Å². The lowest BCUT2D eigenvalue weighted by Crippen LogP contribution is -1.76. The summed E-state index contributed by atoms with van der Waals surface area (Å²) in [5, 5.41) is -3.50. The van der Waals surface area contributed by atoms with Crippen molar-refractivity contribution in [2.45, 2.75) is 0 Å². The van der Waals surface area contributed by atoms with E-state index in [1.54, 1.807) is 0 Å². The summed E-state index contributed by atoms with van der Waals surface area (Å²) < 4.78 is 46.0. The molecule has 0 saturated carbocycles. The van der Waals surface area contributed by atoms with Crippen molar-refractivity contribution >= 4 is 23.2 Å². The molecule has 0 heterocycles. The molecular formula is C4Cl2F4. The van der Waals surface area contributed by atoms with Crippen LogP contribution < -0.4 is 0 Å². The molecule has 6 heteroatoms. The fourth-order valence-electron chi connectivity index (χ4n) is 0.166. The van der Waals surface area contributed by atoms with E-state index in [2.05, 4.69) is 23.2 Å². The van der Waals surface area contributed by atoms with Crippen LogP contribution in [-0.4, -0.2) is 0 Å². The number of hydrogen-bond acceptors (Lipinski definition) is 0. The molecule has 0 aromatic heterocycles. The van der Waals surface area contributed by atoms with E-state index in [1.165, 1.54) is 0 Å². The van der Waals surface area contributed by atoms with Crippen LogP contribution in [-0.2, 0) is 0 Å². The summed E-state index contributed by atoms with van der Waals surface area (Å²) in [6.45, 7) is 0. The minimum absolute atomic E-state index is 1.60. The van der Waals surface area contributed by atoms with Gasteiger partial charge in [-0.15, -0.1) is 0 Å². The van der Waals surface area contributed by atoms with Crippen LogP contribution in [0.15, 0.2) is 22.2 Å². The predicted molar refractivity (Wildman–Crippen MR) is 30.2 cm³/mol. The highest BCUT2D eigenvalue weighted by molar-refractivity contribution is 6.34. The first-order chi connectivity index (χ1) is 4.46. The number of allylic oxidation sites excluding steroid dienone is 2. The molecule has 0 radical (unpaired) electrons. The molecule has 0 aliphatic rings. The minimum atomic E-state index is -2.52. The van der Waals surface area contributed by atoms with Crippen molar-refractivity contribution < 1.29 is 17.6 Å². The van der Waals surface area contributed by atoms with Crippen LogP contribution in [0, 0.1) is 0 Å². The Balaban J connectivity index is 4.71. The molecule has 10 heavy (non-hydrogen) atoms. The molecule has 0 spiro atoms. The molecule has 0 nitrogen and oxygen atoms in total. The van der Waals surface area contributed by atoms with Crippen molar-refractivity contribution in [2.75, 3.05) is 0 Å². The third kappa shape index (κ3) is 2.58. The standard InChI is InChI=1S/C4Cl2F4/c5-1(4(9)10)2(7)3(6)8. The average Bonchev–Trinajstić information content (AvgIpc) is 1.84. The van der Waals surface area contributed by atoms with Gasteiger partial charge in [0.2, 0.25) is 5.29 Å². The van der Waals surface area contributed by atoms with E-state index in [1.807, 2.05) is 0 Å². The zero-order valence-electron chi connectivity index (χ0n) is 4.27. The zero-order valence-corrected chi connectivity index (χ0v) is 5.78. The maximum absolute atomic E-state index is 11.9. The van der Waals surface area contributed by atoms with Crippen molar-refractivity contribution in [1.29, 1.82) is 0 Å². The fourth-order valence-corrected chi connectivity index (χ4v) is 0.392. The second-order valence-electron chi connectivity index (χ2n) is 1.15. The lowest BCUT2D eigenvalue weighted by Gasteiger charge is -1.89. The molecule has 0 amide bonds. The van der Waals surface area contributed by atoms with Crippen LogP contribution in [0.2, 0.25) is 0 Å². The van der Waals surface area contributed by atoms with E-state index >= 15 is 0 Å². The number of rotatable bonds is 1. The van der Waals surface area contributed by atoms with Gasteiger partial charge in [-0.1, -0.05) is 11.6 Å². The molecule has 0 atom stereocenters. The van der Waals surface area contributed by atoms with Crippen molar-refractivity contribution in [2.24, 2.45) is 0 Å². The van der Waals surface area contributed by atoms with Crippen LogP contribution in [0.3, 0.4) is 0 Å². The monoisotopic (exact) mass is 194 g/mol. The fraction of sp³-hybridized carbons (Fsp3) is 0. The van der Waals surface area contributed by atoms with E-state index in [4.69, 9.17) is 0 Å². The van der Waals surface area contributed by atoms with Crippen LogP contribution in [0.4, 0.5) is 17.6 Å². The molecule has 0 rings (SSSR count). The second kappa shape index (κ2) is 3.83. The quantitative estimate of drug-likeness (QED) is 0.442. The molecule has 0 unspecified atom stereocenters. The second-order valence-corrected chi connectivity index (χ2v) is 1.86. The first kappa shape index (κ1) is 9.78. The highest BCUT2D eigenvalue weighted by Gasteiger charge is 2.13. The first-order valence-electron chi connectivity index (χ1n) is 1.88. The Labute approximate surface area is 63.7 Å².